The second-order valence-electron chi connectivity index (χ2n) is 6.42. The highest BCUT2D eigenvalue weighted by Crippen LogP contribution is 2.29. The molecule has 1 aliphatic rings. The third kappa shape index (κ3) is 3.98. The first kappa shape index (κ1) is 17.4. The summed E-state index contributed by atoms with van der Waals surface area (Å²) in [7, 11) is 0. The smallest absolute Gasteiger partial charge is 0.339 e. The van der Waals surface area contributed by atoms with Gasteiger partial charge in [0.1, 0.15) is 0 Å². The van der Waals surface area contributed by atoms with Crippen LogP contribution in [-0.2, 0) is 22.4 Å². The number of carbonyl (C=O) groups excluding carboxylic acids is 2. The maximum atomic E-state index is 12.8. The van der Waals surface area contributed by atoms with Gasteiger partial charge >= 0.3 is 5.97 Å². The maximum Gasteiger partial charge on any atom is 0.339 e. The number of hydrogen-bond acceptors (Lipinski definition) is 4. The Kier molecular flexibility index (Phi) is 5.64. The van der Waals surface area contributed by atoms with Crippen LogP contribution in [0, 0.1) is 0 Å². The number of aromatic nitrogens is 1. The van der Waals surface area contributed by atoms with Crippen molar-refractivity contribution in [2.45, 2.75) is 45.4 Å². The number of ether oxygens (including phenoxy) is 1. The van der Waals surface area contributed by atoms with Gasteiger partial charge in [-0.25, -0.2) is 4.79 Å². The molecule has 1 aromatic heterocycles. The number of esters is 1. The van der Waals surface area contributed by atoms with E-state index in [1.54, 1.807) is 0 Å². The summed E-state index contributed by atoms with van der Waals surface area (Å²) in [6, 6.07) is 7.65. The zero-order chi connectivity index (χ0) is 17.6. The molecular formula is C20H24N2O3. The standard InChI is InChI=1S/C20H24N2O3/c1-2-12-21-18(23)13-25-20(24)19-14-8-4-3-5-10-16(14)22-17-11-7-6-9-15(17)19/h6-7,9,11H,2-5,8,10,12-13H2,1H3,(H,21,23). The lowest BCUT2D eigenvalue weighted by atomic mass is 9.97. The van der Waals surface area contributed by atoms with E-state index in [-0.39, 0.29) is 12.5 Å². The van der Waals surface area contributed by atoms with Crippen LogP contribution in [-0.4, -0.2) is 30.0 Å². The minimum absolute atomic E-state index is 0.246. The van der Waals surface area contributed by atoms with Gasteiger partial charge < -0.3 is 10.1 Å². The number of hydrogen-bond donors (Lipinski definition) is 1. The monoisotopic (exact) mass is 340 g/mol. The van der Waals surface area contributed by atoms with Crippen molar-refractivity contribution in [3.63, 3.8) is 0 Å². The molecule has 1 aromatic carbocycles. The van der Waals surface area contributed by atoms with Crippen LogP contribution in [0.25, 0.3) is 10.9 Å². The van der Waals surface area contributed by atoms with Crippen molar-refractivity contribution < 1.29 is 14.3 Å². The molecule has 1 N–H and O–H groups in total. The summed E-state index contributed by atoms with van der Waals surface area (Å²) in [6.07, 6.45) is 5.84. The Hall–Kier alpha value is -2.43. The molecule has 132 valence electrons. The van der Waals surface area contributed by atoms with E-state index in [9.17, 15) is 9.59 Å². The Balaban J connectivity index is 1.92. The Morgan fingerprint density at radius 2 is 1.96 bits per heavy atom. The Bertz CT molecular complexity index is 786. The van der Waals surface area contributed by atoms with Crippen LogP contribution < -0.4 is 5.32 Å². The molecule has 0 atom stereocenters. The second kappa shape index (κ2) is 8.10. The lowest BCUT2D eigenvalue weighted by molar-refractivity contribution is -0.124. The predicted molar refractivity (Wildman–Crippen MR) is 96.6 cm³/mol. The molecule has 0 bridgehead atoms. The molecule has 2 aromatic rings. The molecule has 5 heteroatoms. The molecule has 0 fully saturated rings. The van der Waals surface area contributed by atoms with Crippen LogP contribution >= 0.6 is 0 Å². The Morgan fingerprint density at radius 3 is 2.80 bits per heavy atom. The number of pyridine rings is 1. The van der Waals surface area contributed by atoms with Gasteiger partial charge in [-0.15, -0.1) is 0 Å². The van der Waals surface area contributed by atoms with Crippen molar-refractivity contribution in [2.75, 3.05) is 13.2 Å². The van der Waals surface area contributed by atoms with Crippen LogP contribution in [0.1, 0.15) is 54.2 Å². The number of nitrogens with one attached hydrogen (secondary N) is 1. The number of carbonyl (C=O) groups is 2. The average Bonchev–Trinajstić information content (AvgIpc) is 2.87. The largest absolute Gasteiger partial charge is 0.452 e. The number of fused-ring (bicyclic) bond motifs is 2. The average molecular weight is 340 g/mol. The van der Waals surface area contributed by atoms with Crippen molar-refractivity contribution in [2.24, 2.45) is 0 Å². The van der Waals surface area contributed by atoms with Crippen LogP contribution in [0.5, 0.6) is 0 Å². The fourth-order valence-electron chi connectivity index (χ4n) is 3.30. The van der Waals surface area contributed by atoms with Gasteiger partial charge in [0.15, 0.2) is 6.61 Å². The number of aryl methyl sites for hydroxylation is 1. The molecule has 1 aliphatic carbocycles. The molecule has 0 radical (unpaired) electrons. The van der Waals surface area contributed by atoms with Crippen molar-refractivity contribution in [1.82, 2.24) is 10.3 Å². The van der Waals surface area contributed by atoms with Gasteiger partial charge in [0.05, 0.1) is 11.1 Å². The van der Waals surface area contributed by atoms with E-state index in [1.807, 2.05) is 31.2 Å². The summed E-state index contributed by atoms with van der Waals surface area (Å²) in [5.74, 6) is -0.692. The molecule has 0 saturated heterocycles. The lowest BCUT2D eigenvalue weighted by Crippen LogP contribution is -2.29. The molecule has 1 heterocycles. The van der Waals surface area contributed by atoms with Crippen LogP contribution in [0.4, 0.5) is 0 Å². The molecule has 0 unspecified atom stereocenters. The molecule has 0 saturated carbocycles. The second-order valence-corrected chi connectivity index (χ2v) is 6.42. The van der Waals surface area contributed by atoms with Crippen molar-refractivity contribution in [3.05, 3.63) is 41.1 Å². The zero-order valence-electron chi connectivity index (χ0n) is 14.6. The van der Waals surface area contributed by atoms with Gasteiger partial charge in [0.25, 0.3) is 5.91 Å². The van der Waals surface area contributed by atoms with E-state index < -0.39 is 5.97 Å². The van der Waals surface area contributed by atoms with Crippen LogP contribution in [0.3, 0.4) is 0 Å². The molecule has 3 rings (SSSR count). The molecule has 5 nitrogen and oxygen atoms in total. The van der Waals surface area contributed by atoms with Gasteiger partial charge in [-0.05, 0) is 43.7 Å². The summed E-state index contributed by atoms with van der Waals surface area (Å²) in [6.45, 7) is 2.32. The number of amides is 1. The third-order valence-electron chi connectivity index (χ3n) is 4.53. The molecule has 1 amide bonds. The van der Waals surface area contributed by atoms with E-state index in [0.29, 0.717) is 12.1 Å². The van der Waals surface area contributed by atoms with Gasteiger partial charge in [-0.3, -0.25) is 9.78 Å². The first-order valence-corrected chi connectivity index (χ1v) is 9.05. The Labute approximate surface area is 147 Å². The molecule has 0 aliphatic heterocycles. The van der Waals surface area contributed by atoms with Gasteiger partial charge in [0, 0.05) is 17.6 Å². The topological polar surface area (TPSA) is 68.3 Å². The quantitative estimate of drug-likeness (QED) is 0.670. The fourth-order valence-corrected chi connectivity index (χ4v) is 3.30. The predicted octanol–water partition coefficient (Wildman–Crippen LogP) is 3.19. The first-order chi connectivity index (χ1) is 12.2. The highest BCUT2D eigenvalue weighted by atomic mass is 16.5. The SMILES string of the molecule is CCCNC(=O)COC(=O)c1c2c(nc3ccccc13)CCCCC2. The Morgan fingerprint density at radius 1 is 1.16 bits per heavy atom. The van der Waals surface area contributed by atoms with E-state index in [4.69, 9.17) is 9.72 Å². The van der Waals surface area contributed by atoms with Crippen molar-refractivity contribution in [3.8, 4) is 0 Å². The minimum Gasteiger partial charge on any atom is -0.452 e. The number of nitrogens with zero attached hydrogens (tertiary/aromatic N) is 1. The maximum absolute atomic E-state index is 12.8. The van der Waals surface area contributed by atoms with Gasteiger partial charge in [-0.1, -0.05) is 31.5 Å². The van der Waals surface area contributed by atoms with Crippen molar-refractivity contribution >= 4 is 22.8 Å². The van der Waals surface area contributed by atoms with Gasteiger partial charge in [-0.2, -0.15) is 0 Å². The van der Waals surface area contributed by atoms with E-state index >= 15 is 0 Å². The first-order valence-electron chi connectivity index (χ1n) is 9.05. The summed E-state index contributed by atoms with van der Waals surface area (Å²) in [5, 5.41) is 3.53. The van der Waals surface area contributed by atoms with E-state index in [1.165, 1.54) is 0 Å². The zero-order valence-corrected chi connectivity index (χ0v) is 14.6. The number of rotatable bonds is 5. The highest BCUT2D eigenvalue weighted by molar-refractivity contribution is 6.05. The summed E-state index contributed by atoms with van der Waals surface area (Å²) >= 11 is 0. The number of benzene rings is 1. The van der Waals surface area contributed by atoms with Crippen LogP contribution in [0.15, 0.2) is 24.3 Å². The third-order valence-corrected chi connectivity index (χ3v) is 4.53. The van der Waals surface area contributed by atoms with E-state index in [2.05, 4.69) is 5.32 Å². The van der Waals surface area contributed by atoms with Gasteiger partial charge in [0.2, 0.25) is 0 Å². The number of para-hydroxylation sites is 1. The summed E-state index contributed by atoms with van der Waals surface area (Å²) in [5.41, 5.74) is 3.39. The lowest BCUT2D eigenvalue weighted by Gasteiger charge is -2.14. The summed E-state index contributed by atoms with van der Waals surface area (Å²) in [4.78, 5) is 29.3. The summed E-state index contributed by atoms with van der Waals surface area (Å²) < 4.78 is 5.32. The minimum atomic E-state index is -0.427. The van der Waals surface area contributed by atoms with Crippen molar-refractivity contribution in [1.29, 1.82) is 0 Å². The molecular weight excluding hydrogens is 316 g/mol. The molecule has 0 spiro atoms. The van der Waals surface area contributed by atoms with Crippen LogP contribution in [0.2, 0.25) is 0 Å². The fraction of sp³-hybridized carbons (Fsp3) is 0.450. The van der Waals surface area contributed by atoms with E-state index in [0.717, 1.165) is 60.7 Å². The molecule has 25 heavy (non-hydrogen) atoms. The normalized spacial score (nSPS) is 13.8. The highest BCUT2D eigenvalue weighted by Gasteiger charge is 2.23.